The molecule has 0 aliphatic heterocycles. The van der Waals surface area contributed by atoms with Crippen molar-refractivity contribution in [2.75, 3.05) is 0 Å². The van der Waals surface area contributed by atoms with E-state index in [4.69, 9.17) is 10.1 Å². The van der Waals surface area contributed by atoms with Crippen LogP contribution in [0.4, 0.5) is 8.78 Å². The minimum atomic E-state index is -0.766. The molecule has 0 atom stereocenters. The van der Waals surface area contributed by atoms with Gasteiger partial charge in [-0.15, -0.1) is 0 Å². The molecule has 2 aromatic rings. The van der Waals surface area contributed by atoms with Crippen LogP contribution in [0.1, 0.15) is 16.7 Å². The Balaban J connectivity index is 1.90. The van der Waals surface area contributed by atoms with Crippen molar-refractivity contribution >= 4 is 0 Å². The Morgan fingerprint density at radius 2 is 1.75 bits per heavy atom. The van der Waals surface area contributed by atoms with Crippen molar-refractivity contribution in [3.8, 4) is 6.07 Å². The first kappa shape index (κ1) is 14.1. The molecule has 0 radical (unpaired) electrons. The number of halogens is 2. The largest absolute Gasteiger partial charge is 0.297 e. The van der Waals surface area contributed by atoms with Gasteiger partial charge in [-0.3, -0.25) is 4.84 Å². The van der Waals surface area contributed by atoms with Crippen LogP contribution in [-0.4, -0.2) is 0 Å². The average Bonchev–Trinajstić information content (AvgIpc) is 2.46. The molecule has 1 N–H and O–H groups in total. The Morgan fingerprint density at radius 1 is 1.10 bits per heavy atom. The number of nitriles is 1. The molecule has 20 heavy (non-hydrogen) atoms. The van der Waals surface area contributed by atoms with Gasteiger partial charge in [-0.1, -0.05) is 30.3 Å². The van der Waals surface area contributed by atoms with E-state index in [0.717, 1.165) is 17.7 Å². The van der Waals surface area contributed by atoms with Gasteiger partial charge in [0.25, 0.3) is 0 Å². The van der Waals surface area contributed by atoms with Crippen molar-refractivity contribution in [3.05, 3.63) is 70.8 Å². The Labute approximate surface area is 115 Å². The number of hydroxylamine groups is 1. The van der Waals surface area contributed by atoms with Crippen molar-refractivity contribution < 1.29 is 13.6 Å². The molecule has 5 heteroatoms. The molecule has 2 rings (SSSR count). The topological polar surface area (TPSA) is 45.0 Å². The van der Waals surface area contributed by atoms with Crippen LogP contribution in [0.5, 0.6) is 0 Å². The van der Waals surface area contributed by atoms with E-state index in [9.17, 15) is 8.78 Å². The summed E-state index contributed by atoms with van der Waals surface area (Å²) < 4.78 is 27.1. The van der Waals surface area contributed by atoms with E-state index in [1.54, 1.807) is 6.07 Å². The molecular weight excluding hydrogens is 262 g/mol. The third-order valence-corrected chi connectivity index (χ3v) is 2.70. The predicted molar refractivity (Wildman–Crippen MR) is 69.1 cm³/mol. The molecule has 0 aliphatic carbocycles. The predicted octanol–water partition coefficient (Wildman–Crippen LogP) is 3.06. The highest BCUT2D eigenvalue weighted by molar-refractivity contribution is 5.34. The maximum Gasteiger partial charge on any atom is 0.132 e. The summed E-state index contributed by atoms with van der Waals surface area (Å²) >= 11 is 0. The van der Waals surface area contributed by atoms with Crippen molar-refractivity contribution in [1.29, 1.82) is 5.26 Å². The quantitative estimate of drug-likeness (QED) is 0.673. The molecule has 0 amide bonds. The Morgan fingerprint density at radius 3 is 2.35 bits per heavy atom. The lowest BCUT2D eigenvalue weighted by atomic mass is 10.1. The molecule has 0 spiro atoms. The Hall–Kier alpha value is -2.29. The van der Waals surface area contributed by atoms with Gasteiger partial charge in [0.05, 0.1) is 24.8 Å². The Bertz CT molecular complexity index is 601. The zero-order valence-electron chi connectivity index (χ0n) is 10.6. The Kier molecular flexibility index (Phi) is 4.77. The second-order valence-electron chi connectivity index (χ2n) is 4.13. The van der Waals surface area contributed by atoms with Gasteiger partial charge in [0.2, 0.25) is 0 Å². The number of hydrogen-bond donors (Lipinski definition) is 1. The van der Waals surface area contributed by atoms with Gasteiger partial charge in [0, 0.05) is 5.56 Å². The van der Waals surface area contributed by atoms with E-state index in [1.807, 2.05) is 30.3 Å². The fourth-order valence-electron chi connectivity index (χ4n) is 1.67. The highest BCUT2D eigenvalue weighted by atomic mass is 19.1. The zero-order chi connectivity index (χ0) is 14.4. The highest BCUT2D eigenvalue weighted by Crippen LogP contribution is 2.15. The second kappa shape index (κ2) is 6.75. The SMILES string of the molecule is N#Cc1cc(F)c(CNOCc2ccccc2)c(F)c1. The van der Waals surface area contributed by atoms with Gasteiger partial charge in [0.1, 0.15) is 11.6 Å². The summed E-state index contributed by atoms with van der Waals surface area (Å²) in [7, 11) is 0. The van der Waals surface area contributed by atoms with Crippen molar-refractivity contribution in [2.24, 2.45) is 0 Å². The maximum absolute atomic E-state index is 13.6. The van der Waals surface area contributed by atoms with Gasteiger partial charge < -0.3 is 0 Å². The van der Waals surface area contributed by atoms with Gasteiger partial charge in [0.15, 0.2) is 0 Å². The second-order valence-corrected chi connectivity index (χ2v) is 4.13. The minimum Gasteiger partial charge on any atom is -0.297 e. The number of benzene rings is 2. The maximum atomic E-state index is 13.6. The van der Waals surface area contributed by atoms with Crippen LogP contribution in [-0.2, 0) is 18.0 Å². The lowest BCUT2D eigenvalue weighted by molar-refractivity contribution is 0.0224. The summed E-state index contributed by atoms with van der Waals surface area (Å²) in [5.41, 5.74) is 3.25. The minimum absolute atomic E-state index is 0.0473. The van der Waals surface area contributed by atoms with E-state index in [2.05, 4.69) is 5.48 Å². The van der Waals surface area contributed by atoms with Crippen molar-refractivity contribution in [1.82, 2.24) is 5.48 Å². The first-order valence-corrected chi connectivity index (χ1v) is 5.97. The molecule has 0 bridgehead atoms. The molecule has 2 aromatic carbocycles. The summed E-state index contributed by atoms with van der Waals surface area (Å²) in [5.74, 6) is -1.53. The van der Waals surface area contributed by atoms with Crippen LogP contribution >= 0.6 is 0 Å². The third-order valence-electron chi connectivity index (χ3n) is 2.70. The molecule has 0 aromatic heterocycles. The lowest BCUT2D eigenvalue weighted by Crippen LogP contribution is -2.16. The van der Waals surface area contributed by atoms with Crippen LogP contribution in [0.25, 0.3) is 0 Å². The number of rotatable bonds is 5. The molecule has 102 valence electrons. The van der Waals surface area contributed by atoms with Crippen molar-refractivity contribution in [2.45, 2.75) is 13.2 Å². The molecule has 0 fully saturated rings. The molecule has 0 saturated heterocycles. The molecule has 3 nitrogen and oxygen atoms in total. The molecule has 0 heterocycles. The molecule has 0 unspecified atom stereocenters. The van der Waals surface area contributed by atoms with Crippen LogP contribution in [0.15, 0.2) is 42.5 Å². The molecule has 0 aliphatic rings. The van der Waals surface area contributed by atoms with E-state index in [0.29, 0.717) is 6.61 Å². The van der Waals surface area contributed by atoms with Gasteiger partial charge in [-0.25, -0.2) is 8.78 Å². The molecular formula is C15H12F2N2O. The number of nitrogens with zero attached hydrogens (tertiary/aromatic N) is 1. The summed E-state index contributed by atoms with van der Waals surface area (Å²) in [4.78, 5) is 5.14. The first-order chi connectivity index (χ1) is 9.70. The summed E-state index contributed by atoms with van der Waals surface area (Å²) in [6, 6.07) is 13.1. The highest BCUT2D eigenvalue weighted by Gasteiger charge is 2.10. The van der Waals surface area contributed by atoms with Gasteiger partial charge in [-0.2, -0.15) is 10.7 Å². The average molecular weight is 274 g/mol. The zero-order valence-corrected chi connectivity index (χ0v) is 10.6. The van der Waals surface area contributed by atoms with Crippen LogP contribution < -0.4 is 5.48 Å². The summed E-state index contributed by atoms with van der Waals surface area (Å²) in [6.45, 7) is 0.177. The van der Waals surface area contributed by atoms with Crippen molar-refractivity contribution in [3.63, 3.8) is 0 Å². The van der Waals surface area contributed by atoms with E-state index < -0.39 is 11.6 Å². The fourth-order valence-corrected chi connectivity index (χ4v) is 1.67. The monoisotopic (exact) mass is 274 g/mol. The number of hydrogen-bond acceptors (Lipinski definition) is 3. The van der Waals surface area contributed by atoms with E-state index >= 15 is 0 Å². The van der Waals surface area contributed by atoms with Crippen LogP contribution in [0, 0.1) is 23.0 Å². The van der Waals surface area contributed by atoms with E-state index in [-0.39, 0.29) is 17.7 Å². The molecule has 0 saturated carbocycles. The third kappa shape index (κ3) is 3.60. The standard InChI is InChI=1S/C15H12F2N2O/c16-14-6-12(8-18)7-15(17)13(14)9-19-20-10-11-4-2-1-3-5-11/h1-7,19H,9-10H2. The first-order valence-electron chi connectivity index (χ1n) is 5.97. The lowest BCUT2D eigenvalue weighted by Gasteiger charge is -2.08. The summed E-state index contributed by atoms with van der Waals surface area (Å²) in [6.07, 6.45) is 0. The van der Waals surface area contributed by atoms with E-state index in [1.165, 1.54) is 0 Å². The van der Waals surface area contributed by atoms with Crippen LogP contribution in [0.2, 0.25) is 0 Å². The summed E-state index contributed by atoms with van der Waals surface area (Å²) in [5, 5.41) is 8.59. The smallest absolute Gasteiger partial charge is 0.132 e. The van der Waals surface area contributed by atoms with Crippen LogP contribution in [0.3, 0.4) is 0 Å². The normalized spacial score (nSPS) is 10.2. The van der Waals surface area contributed by atoms with Gasteiger partial charge >= 0.3 is 0 Å². The number of nitrogens with one attached hydrogen (secondary N) is 1. The van der Waals surface area contributed by atoms with Gasteiger partial charge in [-0.05, 0) is 17.7 Å². The fraction of sp³-hybridized carbons (Fsp3) is 0.133.